The first kappa shape index (κ1) is 90.0. The molecule has 2 aliphatic rings. The zero-order chi connectivity index (χ0) is 76.5. The van der Waals surface area contributed by atoms with Gasteiger partial charge in [-0.25, -0.2) is 0 Å². The topological polar surface area (TPSA) is 353 Å². The highest BCUT2D eigenvalue weighted by atomic mass is 32.2. The van der Waals surface area contributed by atoms with Crippen LogP contribution in [-0.4, -0.2) is 286 Å². The Balaban J connectivity index is 2.98. The van der Waals surface area contributed by atoms with Crippen molar-refractivity contribution in [3.05, 3.63) is 0 Å². The number of aliphatic hydroxyl groups is 1. The van der Waals surface area contributed by atoms with Crippen molar-refractivity contribution in [1.82, 2.24) is 60.9 Å². The number of ether oxygens (including phenoxy) is 2. The predicted molar refractivity (Wildman–Crippen MR) is 381 cm³/mol. The maximum atomic E-state index is 15.2. The molecule has 6 N–H and O–H groups in total. The Bertz CT molecular complexity index is 2810. The normalized spacial score (nSPS) is 26.8. The Hall–Kier alpha value is -6.08. The van der Waals surface area contributed by atoms with E-state index in [1.807, 2.05) is 41.5 Å². The molecule has 100 heavy (non-hydrogen) atoms. The van der Waals surface area contributed by atoms with E-state index in [1.165, 1.54) is 82.7 Å². The minimum absolute atomic E-state index is 0.0574. The van der Waals surface area contributed by atoms with Crippen LogP contribution in [0.5, 0.6) is 0 Å². The number of hydrogen-bond acceptors (Lipinski definition) is 18. The highest BCUT2D eigenvalue weighted by molar-refractivity contribution is 7.86. The van der Waals surface area contributed by atoms with Gasteiger partial charge in [-0.05, 0) is 121 Å². The Morgan fingerprint density at radius 2 is 0.970 bits per heavy atom. The summed E-state index contributed by atoms with van der Waals surface area (Å²) in [4.78, 5) is 173. The number of aliphatic hydroxyl groups excluding tert-OH is 1. The van der Waals surface area contributed by atoms with Crippen LogP contribution in [0, 0.1) is 35.5 Å². The summed E-state index contributed by atoms with van der Waals surface area (Å²) >= 11 is 0. The highest BCUT2D eigenvalue weighted by Crippen LogP contribution is 2.25. The van der Waals surface area contributed by atoms with Gasteiger partial charge in [-0.15, -0.1) is 0 Å². The number of amides is 11. The maximum Gasteiger partial charge on any atom is 0.264 e. The molecule has 30 heteroatoms. The number of carbonyl (C=O) groups is 11. The van der Waals surface area contributed by atoms with Gasteiger partial charge < -0.3 is 70.6 Å². The number of nitrogens with zero attached hydrogens (tertiary/aromatic N) is 7. The molecule has 11 amide bonds. The fraction of sp³-hybridized carbons (Fsp3) is 0.843. The molecular formula is C70H128N12O17S. The lowest BCUT2D eigenvalue weighted by Crippen LogP contribution is -2.64. The van der Waals surface area contributed by atoms with Crippen molar-refractivity contribution in [2.45, 2.75) is 254 Å². The first-order valence-corrected chi connectivity index (χ1v) is 37.8. The number of nitrogens with one attached hydrogen (secondary N) is 5. The smallest absolute Gasteiger partial charge is 0.264 e. The summed E-state index contributed by atoms with van der Waals surface area (Å²) in [6.07, 6.45) is 1.49. The van der Waals surface area contributed by atoms with Crippen molar-refractivity contribution in [3.63, 3.8) is 0 Å². The fourth-order valence-electron chi connectivity index (χ4n) is 12.6. The number of carbonyl (C=O) groups excluding carboxylic acids is 11. The molecule has 0 saturated carbocycles. The second kappa shape index (κ2) is 42.5. The molecule has 2 fully saturated rings. The summed E-state index contributed by atoms with van der Waals surface area (Å²) in [7, 11) is 4.71. The van der Waals surface area contributed by atoms with Gasteiger partial charge in [0.25, 0.3) is 10.1 Å². The minimum Gasteiger partial charge on any atom is -0.390 e. The molecule has 2 aliphatic heterocycles. The number of rotatable bonds is 25. The van der Waals surface area contributed by atoms with Crippen LogP contribution in [0.25, 0.3) is 0 Å². The lowest BCUT2D eigenvalue weighted by molar-refractivity contribution is -0.154. The quantitative estimate of drug-likeness (QED) is 0.0564. The van der Waals surface area contributed by atoms with E-state index in [0.717, 1.165) is 42.1 Å². The third-order valence-corrected chi connectivity index (χ3v) is 19.6. The van der Waals surface area contributed by atoms with Gasteiger partial charge >= 0.3 is 0 Å². The lowest BCUT2D eigenvalue weighted by Gasteiger charge is -2.40. The molecule has 14 atom stereocenters. The van der Waals surface area contributed by atoms with Crippen molar-refractivity contribution < 1.29 is 79.9 Å². The van der Waals surface area contributed by atoms with Gasteiger partial charge in [0.15, 0.2) is 0 Å². The third kappa shape index (κ3) is 27.6. The molecule has 0 radical (unpaired) electrons. The van der Waals surface area contributed by atoms with Crippen molar-refractivity contribution in [1.29, 1.82) is 0 Å². The SMILES string of the molecule is CC[C@@H]1NC(=O)[C@H]([C@H](O)[C@H](C)CCCCCOS(C)(=O)=O)NC(=O)[C@H](C(C)C)N(C)C(=O)[C@H](CC(C)C)N(C)C(=O)[C@H](CC(C)C)N(C)C(=O)[C@@H](C)NC(=O)[C@H](C)NC(=O)[C@H](CC(C)C)N(C)C(=O)[C@H](C(C)C)NC(=O)[C@H]([C@@H](C)OCCCCN2CCOCC2)N(C)C(=O)[C@@H](C)N(C)C1=O. The van der Waals surface area contributed by atoms with Gasteiger partial charge in [-0.2, -0.15) is 8.42 Å². The monoisotopic (exact) mass is 1440 g/mol. The van der Waals surface area contributed by atoms with E-state index in [-0.39, 0.29) is 63.1 Å². The van der Waals surface area contributed by atoms with Crippen molar-refractivity contribution in [3.8, 4) is 0 Å². The molecule has 0 spiro atoms. The fourth-order valence-corrected chi connectivity index (χ4v) is 13.1. The first-order valence-electron chi connectivity index (χ1n) is 36.0. The summed E-state index contributed by atoms with van der Waals surface area (Å²) in [5.74, 6) is -10.8. The molecule has 0 unspecified atom stereocenters. The minimum atomic E-state index is -3.69. The Morgan fingerprint density at radius 3 is 1.49 bits per heavy atom. The average Bonchev–Trinajstić information content (AvgIpc) is 0.816. The summed E-state index contributed by atoms with van der Waals surface area (Å²) in [6.45, 7) is 30.8. The molecule has 0 aromatic rings. The molecule has 0 aliphatic carbocycles. The maximum absolute atomic E-state index is 15.2. The van der Waals surface area contributed by atoms with Gasteiger partial charge in [-0.3, -0.25) is 61.8 Å². The second-order valence-electron chi connectivity index (χ2n) is 29.7. The summed E-state index contributed by atoms with van der Waals surface area (Å²) < 4.78 is 40.0. The van der Waals surface area contributed by atoms with Crippen LogP contribution in [0.4, 0.5) is 0 Å². The van der Waals surface area contributed by atoms with E-state index < -0.39 is 172 Å². The number of unbranched alkanes of at least 4 members (excludes halogenated alkanes) is 3. The Labute approximate surface area is 597 Å². The molecule has 2 rings (SSSR count). The van der Waals surface area contributed by atoms with E-state index in [4.69, 9.17) is 13.7 Å². The zero-order valence-corrected chi connectivity index (χ0v) is 65.3. The van der Waals surface area contributed by atoms with Gasteiger partial charge in [-0.1, -0.05) is 95.9 Å². The van der Waals surface area contributed by atoms with E-state index >= 15 is 19.2 Å². The van der Waals surface area contributed by atoms with Gasteiger partial charge in [0, 0.05) is 62.0 Å². The molecule has 0 bridgehead atoms. The van der Waals surface area contributed by atoms with E-state index in [0.29, 0.717) is 38.9 Å². The van der Waals surface area contributed by atoms with Crippen LogP contribution in [-0.2, 0) is 76.5 Å². The van der Waals surface area contributed by atoms with Crippen molar-refractivity contribution in [2.75, 3.05) is 94.6 Å². The third-order valence-electron chi connectivity index (χ3n) is 19.0. The molecule has 576 valence electrons. The molecular weight excluding hydrogens is 1310 g/mol. The van der Waals surface area contributed by atoms with Gasteiger partial charge in [0.1, 0.15) is 66.5 Å². The van der Waals surface area contributed by atoms with Gasteiger partial charge in [0.2, 0.25) is 65.0 Å². The molecule has 29 nitrogen and oxygen atoms in total. The van der Waals surface area contributed by atoms with Crippen LogP contribution in [0.3, 0.4) is 0 Å². The summed E-state index contributed by atoms with van der Waals surface area (Å²) in [5.41, 5.74) is 0. The molecule has 0 aromatic carbocycles. The standard InChI is InChI=1S/C70H128N12O17S/c1-24-51-67(91)76(17)49(15)66(90)81(22)58(50(16)98-34-29-27-31-82-32-36-97-37-33-82)64(88)74-55(44(8)9)70(94)77(18)52(38-41(2)3)61(85)71-47(13)60(84)72-48(14)65(89)78(19)53(39-42(4)5)68(92)79(20)54(40-43(6)7)69(93)80(21)57(45(10)11)63(87)75-56(62(86)73-51)59(83)46(12)30-26-25-28-35-99-100(23,95)96/h41-59,83H,24-40H2,1-23H3,(H,71,85)(H,72,84)(H,73,86)(H,74,88)(H,75,87)/t46-,47+,48-,49-,50-,51+,52+,53+,54+,55+,56+,57+,58+,59-/m1/s1. The molecule has 2 saturated heterocycles. The van der Waals surface area contributed by atoms with Crippen LogP contribution in [0.15, 0.2) is 0 Å². The largest absolute Gasteiger partial charge is 0.390 e. The molecule has 0 aromatic heterocycles. The Morgan fingerprint density at radius 1 is 0.490 bits per heavy atom. The number of morpholine rings is 1. The molecule has 2 heterocycles. The van der Waals surface area contributed by atoms with Crippen LogP contribution in [0.2, 0.25) is 0 Å². The first-order chi connectivity index (χ1) is 46.4. The van der Waals surface area contributed by atoms with E-state index in [1.54, 1.807) is 48.5 Å². The van der Waals surface area contributed by atoms with Crippen LogP contribution < -0.4 is 26.6 Å². The van der Waals surface area contributed by atoms with Crippen LogP contribution in [0.1, 0.15) is 175 Å². The van der Waals surface area contributed by atoms with Crippen molar-refractivity contribution in [2.24, 2.45) is 35.5 Å². The van der Waals surface area contributed by atoms with E-state index in [9.17, 15) is 47.1 Å². The number of hydrogen-bond donors (Lipinski definition) is 6. The lowest BCUT2D eigenvalue weighted by atomic mass is 9.91. The summed E-state index contributed by atoms with van der Waals surface area (Å²) in [5, 5.41) is 26.0. The van der Waals surface area contributed by atoms with Crippen LogP contribution >= 0.6 is 0 Å². The highest BCUT2D eigenvalue weighted by Gasteiger charge is 2.45. The van der Waals surface area contributed by atoms with Gasteiger partial charge in [0.05, 0.1) is 38.3 Å². The average molecular weight is 1440 g/mol. The predicted octanol–water partition coefficient (Wildman–Crippen LogP) is 2.36. The zero-order valence-electron chi connectivity index (χ0n) is 64.5. The summed E-state index contributed by atoms with van der Waals surface area (Å²) in [6, 6.07) is -14.7. The van der Waals surface area contributed by atoms with E-state index in [2.05, 4.69) is 31.5 Å². The Kier molecular flexibility index (Phi) is 38.2. The number of likely N-dealkylation sites (N-methyl/N-ethyl adjacent to an activating group) is 6. The second-order valence-corrected chi connectivity index (χ2v) is 31.3. The van der Waals surface area contributed by atoms with Crippen molar-refractivity contribution >= 4 is 75.1 Å².